The molecule has 0 saturated carbocycles. The molecule has 2 aromatic rings. The van der Waals surface area contributed by atoms with Gasteiger partial charge in [0.05, 0.1) is 18.4 Å². The van der Waals surface area contributed by atoms with E-state index in [1.165, 1.54) is 0 Å². The third kappa shape index (κ3) is 3.22. The summed E-state index contributed by atoms with van der Waals surface area (Å²) in [4.78, 5) is 16.2. The Balaban J connectivity index is 2.26. The summed E-state index contributed by atoms with van der Waals surface area (Å²) >= 11 is 0. The van der Waals surface area contributed by atoms with Crippen molar-refractivity contribution < 1.29 is 4.79 Å². The Hall–Kier alpha value is -2.64. The van der Waals surface area contributed by atoms with E-state index in [1.54, 1.807) is 30.6 Å². The first-order chi connectivity index (χ1) is 9.72. The Morgan fingerprint density at radius 2 is 2.20 bits per heavy atom. The third-order valence-electron chi connectivity index (χ3n) is 2.82. The zero-order valence-corrected chi connectivity index (χ0v) is 11.2. The maximum atomic E-state index is 12.2. The molecule has 4 nitrogen and oxygen atoms in total. The fraction of sp³-hybridized carbons (Fsp3) is 0.125. The Labute approximate surface area is 118 Å². The van der Waals surface area contributed by atoms with E-state index in [0.29, 0.717) is 17.8 Å². The van der Waals surface area contributed by atoms with Crippen molar-refractivity contribution in [3.8, 4) is 11.8 Å². The van der Waals surface area contributed by atoms with Gasteiger partial charge in [-0.25, -0.2) is 0 Å². The van der Waals surface area contributed by atoms with Crippen LogP contribution < -0.4 is 11.1 Å². The van der Waals surface area contributed by atoms with Crippen LogP contribution in [0.3, 0.4) is 0 Å². The molecule has 0 fully saturated rings. The number of rotatable bonds is 2. The molecule has 0 spiro atoms. The first-order valence-corrected chi connectivity index (χ1v) is 6.22. The van der Waals surface area contributed by atoms with Gasteiger partial charge < -0.3 is 11.1 Å². The highest BCUT2D eigenvalue weighted by Gasteiger charge is 2.11. The lowest BCUT2D eigenvalue weighted by molar-refractivity contribution is 0.102. The van der Waals surface area contributed by atoms with E-state index in [4.69, 9.17) is 5.73 Å². The number of carbonyl (C=O) groups excluding carboxylic acids is 1. The highest BCUT2D eigenvalue weighted by Crippen LogP contribution is 2.15. The normalized spacial score (nSPS) is 9.50. The Morgan fingerprint density at radius 3 is 2.90 bits per heavy atom. The molecule has 0 aliphatic rings. The molecule has 0 unspecified atom stereocenters. The molecule has 4 heteroatoms. The second-order valence-electron chi connectivity index (χ2n) is 4.18. The monoisotopic (exact) mass is 265 g/mol. The molecule has 0 aliphatic heterocycles. The van der Waals surface area contributed by atoms with Crippen molar-refractivity contribution in [2.75, 3.05) is 11.9 Å². The fourth-order valence-electron chi connectivity index (χ4n) is 1.80. The Bertz CT molecular complexity index is 669. The summed E-state index contributed by atoms with van der Waals surface area (Å²) in [5, 5.41) is 2.81. The van der Waals surface area contributed by atoms with Gasteiger partial charge in [0.25, 0.3) is 5.91 Å². The van der Waals surface area contributed by atoms with Crippen LogP contribution in [0.25, 0.3) is 0 Å². The molecule has 2 rings (SSSR count). The van der Waals surface area contributed by atoms with E-state index in [2.05, 4.69) is 22.1 Å². The summed E-state index contributed by atoms with van der Waals surface area (Å²) in [6.45, 7) is 2.17. The van der Waals surface area contributed by atoms with Gasteiger partial charge in [0, 0.05) is 17.3 Å². The lowest BCUT2D eigenvalue weighted by atomic mass is 10.0. The standard InChI is InChI=1S/C16H15N3O/c1-12-13(6-3-9-17)5-2-8-15(12)16(20)19-14-7-4-10-18-11-14/h2,4-5,7-8,10-11H,9,17H2,1H3,(H,19,20). The number of nitrogens with one attached hydrogen (secondary N) is 1. The van der Waals surface area contributed by atoms with Crippen LogP contribution >= 0.6 is 0 Å². The van der Waals surface area contributed by atoms with E-state index >= 15 is 0 Å². The van der Waals surface area contributed by atoms with Crippen LogP contribution in [-0.4, -0.2) is 17.4 Å². The summed E-state index contributed by atoms with van der Waals surface area (Å²) in [6.07, 6.45) is 3.26. The zero-order chi connectivity index (χ0) is 14.4. The molecule has 20 heavy (non-hydrogen) atoms. The van der Waals surface area contributed by atoms with Gasteiger partial charge in [-0.2, -0.15) is 0 Å². The highest BCUT2D eigenvalue weighted by atomic mass is 16.1. The molecule has 0 aliphatic carbocycles. The molecule has 0 bridgehead atoms. The number of nitrogens with two attached hydrogens (primary N) is 1. The minimum atomic E-state index is -0.174. The number of benzene rings is 1. The van der Waals surface area contributed by atoms with Crippen LogP contribution in [0.15, 0.2) is 42.7 Å². The number of pyridine rings is 1. The van der Waals surface area contributed by atoms with Gasteiger partial charge >= 0.3 is 0 Å². The second kappa shape index (κ2) is 6.50. The van der Waals surface area contributed by atoms with Crippen molar-refractivity contribution in [1.29, 1.82) is 0 Å². The molecular weight excluding hydrogens is 250 g/mol. The number of nitrogens with zero attached hydrogens (tertiary/aromatic N) is 1. The summed E-state index contributed by atoms with van der Waals surface area (Å²) in [6, 6.07) is 9.02. The first kappa shape index (κ1) is 13.8. The molecule has 0 saturated heterocycles. The summed E-state index contributed by atoms with van der Waals surface area (Å²) in [5.74, 6) is 5.59. The average Bonchev–Trinajstić information content (AvgIpc) is 2.47. The lowest BCUT2D eigenvalue weighted by Crippen LogP contribution is -2.14. The number of hydrogen-bond donors (Lipinski definition) is 2. The zero-order valence-electron chi connectivity index (χ0n) is 11.2. The van der Waals surface area contributed by atoms with Crippen molar-refractivity contribution in [2.24, 2.45) is 5.73 Å². The molecule has 1 aromatic heterocycles. The Kier molecular flexibility index (Phi) is 4.48. The van der Waals surface area contributed by atoms with Gasteiger partial charge in [0.2, 0.25) is 0 Å². The first-order valence-electron chi connectivity index (χ1n) is 6.22. The number of aromatic nitrogens is 1. The fourth-order valence-corrected chi connectivity index (χ4v) is 1.80. The highest BCUT2D eigenvalue weighted by molar-refractivity contribution is 6.05. The van der Waals surface area contributed by atoms with Crippen LogP contribution in [0.2, 0.25) is 0 Å². The smallest absolute Gasteiger partial charge is 0.256 e. The maximum absolute atomic E-state index is 12.2. The average molecular weight is 265 g/mol. The van der Waals surface area contributed by atoms with Crippen LogP contribution in [0, 0.1) is 18.8 Å². The van der Waals surface area contributed by atoms with E-state index in [-0.39, 0.29) is 5.91 Å². The quantitative estimate of drug-likeness (QED) is 0.815. The third-order valence-corrected chi connectivity index (χ3v) is 2.82. The molecule has 3 N–H and O–H groups in total. The molecule has 1 heterocycles. The molecule has 1 aromatic carbocycles. The summed E-state index contributed by atoms with van der Waals surface area (Å²) in [7, 11) is 0. The van der Waals surface area contributed by atoms with E-state index in [1.807, 2.05) is 19.1 Å². The van der Waals surface area contributed by atoms with Crippen LogP contribution in [0.4, 0.5) is 5.69 Å². The second-order valence-corrected chi connectivity index (χ2v) is 4.18. The Morgan fingerprint density at radius 1 is 1.35 bits per heavy atom. The van der Waals surface area contributed by atoms with E-state index in [9.17, 15) is 4.79 Å². The lowest BCUT2D eigenvalue weighted by Gasteiger charge is -2.08. The van der Waals surface area contributed by atoms with Crippen molar-refractivity contribution in [2.45, 2.75) is 6.92 Å². The minimum Gasteiger partial charge on any atom is -0.321 e. The van der Waals surface area contributed by atoms with Gasteiger partial charge in [-0.1, -0.05) is 17.9 Å². The van der Waals surface area contributed by atoms with Gasteiger partial charge in [0.15, 0.2) is 0 Å². The molecule has 1 amide bonds. The predicted molar refractivity (Wildman–Crippen MR) is 79.3 cm³/mol. The number of anilines is 1. The molecule has 100 valence electrons. The predicted octanol–water partition coefficient (Wildman–Crippen LogP) is 1.95. The van der Waals surface area contributed by atoms with Gasteiger partial charge in [-0.15, -0.1) is 0 Å². The molecule has 0 radical (unpaired) electrons. The van der Waals surface area contributed by atoms with Crippen LogP contribution in [0.5, 0.6) is 0 Å². The van der Waals surface area contributed by atoms with Crippen molar-refractivity contribution >= 4 is 11.6 Å². The molecule has 0 atom stereocenters. The topological polar surface area (TPSA) is 68.0 Å². The van der Waals surface area contributed by atoms with Crippen molar-refractivity contribution in [3.63, 3.8) is 0 Å². The number of hydrogen-bond acceptors (Lipinski definition) is 3. The van der Waals surface area contributed by atoms with Gasteiger partial charge in [-0.05, 0) is 36.8 Å². The SMILES string of the molecule is Cc1c(C#CCN)cccc1C(=O)Nc1cccnc1. The van der Waals surface area contributed by atoms with Crippen LogP contribution in [-0.2, 0) is 0 Å². The van der Waals surface area contributed by atoms with Crippen molar-refractivity contribution in [1.82, 2.24) is 4.98 Å². The minimum absolute atomic E-state index is 0.174. The number of carbonyl (C=O) groups is 1. The summed E-state index contributed by atoms with van der Waals surface area (Å²) in [5.41, 5.74) is 8.28. The largest absolute Gasteiger partial charge is 0.321 e. The van der Waals surface area contributed by atoms with Crippen molar-refractivity contribution in [3.05, 3.63) is 59.4 Å². The summed E-state index contributed by atoms with van der Waals surface area (Å²) < 4.78 is 0. The molecular formula is C16H15N3O. The van der Waals surface area contributed by atoms with E-state index in [0.717, 1.165) is 11.1 Å². The van der Waals surface area contributed by atoms with Crippen LogP contribution in [0.1, 0.15) is 21.5 Å². The number of amides is 1. The van der Waals surface area contributed by atoms with E-state index < -0.39 is 0 Å². The maximum Gasteiger partial charge on any atom is 0.256 e. The van der Waals surface area contributed by atoms with Gasteiger partial charge in [-0.3, -0.25) is 9.78 Å². The van der Waals surface area contributed by atoms with Gasteiger partial charge in [0.1, 0.15) is 0 Å².